The van der Waals surface area contributed by atoms with Crippen molar-refractivity contribution in [3.05, 3.63) is 18.2 Å². The number of carbonyl (C=O) groups is 2. The van der Waals surface area contributed by atoms with Crippen LogP contribution in [-0.2, 0) is 14.3 Å². The number of rotatable bonds is 7. The van der Waals surface area contributed by atoms with Crippen LogP contribution < -0.4 is 16.4 Å². The molecule has 0 spiro atoms. The molecule has 4 N–H and O–H groups in total. The first-order chi connectivity index (χ1) is 11.0. The van der Waals surface area contributed by atoms with Crippen LogP contribution in [0.5, 0.6) is 0 Å². The lowest BCUT2D eigenvalue weighted by Crippen LogP contribution is -2.39. The predicted molar refractivity (Wildman–Crippen MR) is 91.6 cm³/mol. The van der Waals surface area contributed by atoms with Crippen molar-refractivity contribution in [3.8, 4) is 0 Å². The molecule has 0 radical (unpaired) electrons. The number of amides is 2. The number of carbonyl (C=O) groups excluding carboxylic acids is 2. The third kappa shape index (κ3) is 4.72. The minimum atomic E-state index is -0.721. The normalized spacial score (nSPS) is 12.1. The molecular formula is C15H20N4O3S. The smallest absolute Gasteiger partial charge is 0.243 e. The van der Waals surface area contributed by atoms with E-state index >= 15 is 0 Å². The lowest BCUT2D eigenvalue weighted by atomic mass is 10.2. The van der Waals surface area contributed by atoms with Crippen molar-refractivity contribution in [3.63, 3.8) is 0 Å². The Morgan fingerprint density at radius 2 is 2.17 bits per heavy atom. The maximum absolute atomic E-state index is 11.9. The zero-order valence-electron chi connectivity index (χ0n) is 13.1. The number of ether oxygens (including phenoxy) is 1. The van der Waals surface area contributed by atoms with E-state index in [-0.39, 0.29) is 18.4 Å². The van der Waals surface area contributed by atoms with Crippen LogP contribution in [0.15, 0.2) is 18.2 Å². The second-order valence-electron chi connectivity index (χ2n) is 5.05. The summed E-state index contributed by atoms with van der Waals surface area (Å²) in [5.41, 5.74) is 7.07. The fraction of sp³-hybridized carbons (Fsp3) is 0.400. The number of benzene rings is 1. The number of hydrogen-bond acceptors (Lipinski definition) is 6. The third-order valence-electron chi connectivity index (χ3n) is 3.06. The van der Waals surface area contributed by atoms with Gasteiger partial charge in [-0.05, 0) is 24.6 Å². The maximum atomic E-state index is 11.9. The van der Waals surface area contributed by atoms with Gasteiger partial charge in [-0.15, -0.1) is 0 Å². The molecule has 2 amide bonds. The molecule has 0 fully saturated rings. The fourth-order valence-electron chi connectivity index (χ4n) is 1.95. The molecule has 0 aliphatic heterocycles. The first-order valence-corrected chi connectivity index (χ1v) is 8.11. The van der Waals surface area contributed by atoms with Gasteiger partial charge in [-0.3, -0.25) is 9.59 Å². The van der Waals surface area contributed by atoms with Gasteiger partial charge in [-0.1, -0.05) is 18.3 Å². The molecule has 1 unspecified atom stereocenters. The Morgan fingerprint density at radius 1 is 1.39 bits per heavy atom. The van der Waals surface area contributed by atoms with E-state index in [0.29, 0.717) is 17.2 Å². The molecule has 1 aromatic heterocycles. The summed E-state index contributed by atoms with van der Waals surface area (Å²) in [7, 11) is 1.49. The third-order valence-corrected chi connectivity index (χ3v) is 4.00. The van der Waals surface area contributed by atoms with E-state index in [9.17, 15) is 9.59 Å². The molecule has 0 aliphatic carbocycles. The summed E-state index contributed by atoms with van der Waals surface area (Å²) in [6.07, 6.45) is 1.25. The Bertz CT molecular complexity index is 701. The SMILES string of the molecule is CCCC(=O)Nc1nc2ccc(NC(=O)C(N)COC)cc2s1. The van der Waals surface area contributed by atoms with E-state index in [1.54, 1.807) is 18.2 Å². The van der Waals surface area contributed by atoms with Gasteiger partial charge in [0.05, 0.1) is 16.8 Å². The molecule has 8 heteroatoms. The highest BCUT2D eigenvalue weighted by molar-refractivity contribution is 7.22. The van der Waals surface area contributed by atoms with E-state index < -0.39 is 6.04 Å². The molecule has 124 valence electrons. The number of fused-ring (bicyclic) bond motifs is 1. The zero-order chi connectivity index (χ0) is 16.8. The van der Waals surface area contributed by atoms with Crippen molar-refractivity contribution in [2.45, 2.75) is 25.8 Å². The highest BCUT2D eigenvalue weighted by Crippen LogP contribution is 2.28. The number of nitrogens with one attached hydrogen (secondary N) is 2. The van der Waals surface area contributed by atoms with Crippen LogP contribution in [0.2, 0.25) is 0 Å². The lowest BCUT2D eigenvalue weighted by molar-refractivity contribution is -0.118. The average Bonchev–Trinajstić information content (AvgIpc) is 2.88. The van der Waals surface area contributed by atoms with Crippen LogP contribution in [0.25, 0.3) is 10.2 Å². The first kappa shape index (κ1) is 17.3. The Kier molecular flexibility index (Phi) is 6.03. The monoisotopic (exact) mass is 336 g/mol. The van der Waals surface area contributed by atoms with Crippen LogP contribution in [-0.4, -0.2) is 36.6 Å². The molecule has 0 saturated carbocycles. The minimum absolute atomic E-state index is 0.0504. The maximum Gasteiger partial charge on any atom is 0.243 e. The van der Waals surface area contributed by atoms with Gasteiger partial charge in [0.15, 0.2) is 5.13 Å². The van der Waals surface area contributed by atoms with Crippen molar-refractivity contribution in [1.29, 1.82) is 0 Å². The summed E-state index contributed by atoms with van der Waals surface area (Å²) in [6.45, 7) is 2.10. The van der Waals surface area contributed by atoms with Crippen LogP contribution >= 0.6 is 11.3 Å². The van der Waals surface area contributed by atoms with Gasteiger partial charge in [-0.2, -0.15) is 0 Å². The number of aromatic nitrogens is 1. The first-order valence-electron chi connectivity index (χ1n) is 7.29. The summed E-state index contributed by atoms with van der Waals surface area (Å²) in [4.78, 5) is 27.8. The van der Waals surface area contributed by atoms with Crippen LogP contribution in [0.1, 0.15) is 19.8 Å². The van der Waals surface area contributed by atoms with Crippen molar-refractivity contribution < 1.29 is 14.3 Å². The van der Waals surface area contributed by atoms with Gasteiger partial charge in [0.1, 0.15) is 6.04 Å². The van der Waals surface area contributed by atoms with E-state index in [0.717, 1.165) is 16.6 Å². The van der Waals surface area contributed by atoms with Crippen LogP contribution in [0, 0.1) is 0 Å². The quantitative estimate of drug-likeness (QED) is 0.716. The summed E-state index contributed by atoms with van der Waals surface area (Å²) < 4.78 is 5.73. The number of hydrogen-bond donors (Lipinski definition) is 3. The van der Waals surface area contributed by atoms with Crippen molar-refractivity contribution in [2.75, 3.05) is 24.4 Å². The van der Waals surface area contributed by atoms with Gasteiger partial charge in [-0.25, -0.2) is 4.98 Å². The molecule has 0 saturated heterocycles. The number of methoxy groups -OCH3 is 1. The fourth-order valence-corrected chi connectivity index (χ4v) is 2.88. The Morgan fingerprint density at radius 3 is 2.87 bits per heavy atom. The van der Waals surface area contributed by atoms with Gasteiger partial charge in [0.2, 0.25) is 11.8 Å². The molecule has 2 aromatic rings. The minimum Gasteiger partial charge on any atom is -0.383 e. The summed E-state index contributed by atoms with van der Waals surface area (Å²) >= 11 is 1.36. The molecule has 1 aromatic carbocycles. The average molecular weight is 336 g/mol. The van der Waals surface area contributed by atoms with Gasteiger partial charge in [0.25, 0.3) is 0 Å². The topological polar surface area (TPSA) is 106 Å². The van der Waals surface area contributed by atoms with Gasteiger partial charge >= 0.3 is 0 Å². The summed E-state index contributed by atoms with van der Waals surface area (Å²) in [5.74, 6) is -0.363. The highest BCUT2D eigenvalue weighted by Gasteiger charge is 2.14. The Balaban J connectivity index is 2.09. The largest absolute Gasteiger partial charge is 0.383 e. The summed E-state index contributed by atoms with van der Waals surface area (Å²) in [5, 5.41) is 6.06. The molecule has 2 rings (SSSR count). The molecule has 1 atom stereocenters. The Hall–Kier alpha value is -2.03. The second-order valence-corrected chi connectivity index (χ2v) is 6.08. The van der Waals surface area contributed by atoms with E-state index in [2.05, 4.69) is 15.6 Å². The molecule has 23 heavy (non-hydrogen) atoms. The zero-order valence-corrected chi connectivity index (χ0v) is 13.9. The van der Waals surface area contributed by atoms with Crippen molar-refractivity contribution in [2.24, 2.45) is 5.73 Å². The lowest BCUT2D eigenvalue weighted by Gasteiger charge is -2.10. The number of nitrogens with zero attached hydrogens (tertiary/aromatic N) is 1. The molecule has 1 heterocycles. The molecular weight excluding hydrogens is 316 g/mol. The van der Waals surface area contributed by atoms with Crippen molar-refractivity contribution >= 4 is 44.2 Å². The van der Waals surface area contributed by atoms with E-state index in [4.69, 9.17) is 10.5 Å². The van der Waals surface area contributed by atoms with Crippen LogP contribution in [0.3, 0.4) is 0 Å². The van der Waals surface area contributed by atoms with Crippen LogP contribution in [0.4, 0.5) is 10.8 Å². The second kappa shape index (κ2) is 8.00. The molecule has 0 bridgehead atoms. The van der Waals surface area contributed by atoms with Gasteiger partial charge < -0.3 is 21.1 Å². The Labute approximate surface area is 138 Å². The predicted octanol–water partition coefficient (Wildman–Crippen LogP) is 1.95. The van der Waals surface area contributed by atoms with E-state index in [1.807, 2.05) is 6.92 Å². The molecule has 7 nitrogen and oxygen atoms in total. The standard InChI is InChI=1S/C15H20N4O3S/c1-3-4-13(20)19-15-18-11-6-5-9(7-12(11)23-15)17-14(21)10(16)8-22-2/h5-7,10H,3-4,8,16H2,1-2H3,(H,17,21)(H,18,19,20). The van der Waals surface area contributed by atoms with Gasteiger partial charge in [0, 0.05) is 19.2 Å². The van der Waals surface area contributed by atoms with E-state index in [1.165, 1.54) is 18.4 Å². The highest BCUT2D eigenvalue weighted by atomic mass is 32.1. The van der Waals surface area contributed by atoms with Crippen molar-refractivity contribution in [1.82, 2.24) is 4.98 Å². The number of thiazole rings is 1. The molecule has 0 aliphatic rings. The number of nitrogens with two attached hydrogens (primary N) is 1. The number of anilines is 2. The summed E-state index contributed by atoms with van der Waals surface area (Å²) in [6, 6.07) is 4.62.